The third kappa shape index (κ3) is 3.64. The highest BCUT2D eigenvalue weighted by Gasteiger charge is 2.26. The maximum Gasteiger partial charge on any atom is 0.342 e. The Bertz CT molecular complexity index is 768. The number of methoxy groups -OCH3 is 1. The third-order valence-corrected chi connectivity index (χ3v) is 3.52. The van der Waals surface area contributed by atoms with Gasteiger partial charge in [-0.25, -0.2) is 9.59 Å². The van der Waals surface area contributed by atoms with E-state index in [1.54, 1.807) is 36.0 Å². The number of ether oxygens (including phenoxy) is 2. The standard InChI is InChI=1S/C18H22N2O4/c1-11-14(17(22)24-18(2,3)4)15(19-20(11)5)12-7-9-13(10-8-12)16(21)23-6/h7-10H,1-6H3. The van der Waals surface area contributed by atoms with Gasteiger partial charge in [0.15, 0.2) is 0 Å². The second-order valence-electron chi connectivity index (χ2n) is 6.50. The van der Waals surface area contributed by atoms with Crippen molar-refractivity contribution in [3.63, 3.8) is 0 Å². The van der Waals surface area contributed by atoms with Gasteiger partial charge < -0.3 is 9.47 Å². The van der Waals surface area contributed by atoms with E-state index in [0.29, 0.717) is 16.8 Å². The Balaban J connectivity index is 2.46. The zero-order valence-corrected chi connectivity index (χ0v) is 14.8. The van der Waals surface area contributed by atoms with Gasteiger partial charge in [0.2, 0.25) is 0 Å². The molecule has 128 valence electrons. The van der Waals surface area contributed by atoms with E-state index in [2.05, 4.69) is 9.84 Å². The van der Waals surface area contributed by atoms with Crippen LogP contribution in [0, 0.1) is 6.92 Å². The molecule has 1 aromatic carbocycles. The topological polar surface area (TPSA) is 70.4 Å². The predicted octanol–water partition coefficient (Wildman–Crippen LogP) is 3.14. The molecule has 0 spiro atoms. The molecule has 0 aliphatic rings. The summed E-state index contributed by atoms with van der Waals surface area (Å²) in [5.74, 6) is -0.828. The molecule has 0 aliphatic heterocycles. The van der Waals surface area contributed by atoms with E-state index in [-0.39, 0.29) is 0 Å². The van der Waals surface area contributed by atoms with Gasteiger partial charge in [0.25, 0.3) is 0 Å². The van der Waals surface area contributed by atoms with Crippen molar-refractivity contribution in [1.29, 1.82) is 0 Å². The largest absolute Gasteiger partial charge is 0.465 e. The fourth-order valence-electron chi connectivity index (χ4n) is 2.27. The summed E-state index contributed by atoms with van der Waals surface area (Å²) in [5, 5.41) is 4.43. The highest BCUT2D eigenvalue weighted by atomic mass is 16.6. The van der Waals surface area contributed by atoms with Gasteiger partial charge in [-0.15, -0.1) is 0 Å². The van der Waals surface area contributed by atoms with E-state index in [1.807, 2.05) is 27.7 Å². The summed E-state index contributed by atoms with van der Waals surface area (Å²) in [6.45, 7) is 7.28. The van der Waals surface area contributed by atoms with Crippen LogP contribution in [0.3, 0.4) is 0 Å². The summed E-state index contributed by atoms with van der Waals surface area (Å²) < 4.78 is 11.8. The number of esters is 2. The van der Waals surface area contributed by atoms with Gasteiger partial charge in [-0.2, -0.15) is 5.10 Å². The Morgan fingerprint density at radius 2 is 1.67 bits per heavy atom. The molecule has 24 heavy (non-hydrogen) atoms. The average molecular weight is 330 g/mol. The molecular weight excluding hydrogens is 308 g/mol. The zero-order valence-electron chi connectivity index (χ0n) is 14.8. The van der Waals surface area contributed by atoms with Crippen molar-refractivity contribution in [1.82, 2.24) is 9.78 Å². The molecule has 0 aliphatic carbocycles. The van der Waals surface area contributed by atoms with Crippen LogP contribution < -0.4 is 0 Å². The lowest BCUT2D eigenvalue weighted by atomic mass is 10.0. The summed E-state index contributed by atoms with van der Waals surface area (Å²) >= 11 is 0. The second kappa shape index (κ2) is 6.47. The van der Waals surface area contributed by atoms with Crippen molar-refractivity contribution >= 4 is 11.9 Å². The van der Waals surface area contributed by atoms with Crippen LogP contribution in [0.15, 0.2) is 24.3 Å². The van der Waals surface area contributed by atoms with E-state index in [1.165, 1.54) is 7.11 Å². The van der Waals surface area contributed by atoms with Crippen molar-refractivity contribution in [2.24, 2.45) is 7.05 Å². The SMILES string of the molecule is COC(=O)c1ccc(-c2nn(C)c(C)c2C(=O)OC(C)(C)C)cc1. The van der Waals surface area contributed by atoms with E-state index < -0.39 is 17.5 Å². The molecule has 0 bridgehead atoms. The van der Waals surface area contributed by atoms with Gasteiger partial charge in [0, 0.05) is 12.6 Å². The van der Waals surface area contributed by atoms with Gasteiger partial charge in [0.1, 0.15) is 16.9 Å². The first-order valence-corrected chi connectivity index (χ1v) is 7.59. The van der Waals surface area contributed by atoms with Crippen molar-refractivity contribution in [2.75, 3.05) is 7.11 Å². The Hall–Kier alpha value is -2.63. The van der Waals surface area contributed by atoms with Crippen LogP contribution >= 0.6 is 0 Å². The number of carbonyl (C=O) groups excluding carboxylic acids is 2. The number of rotatable bonds is 3. The number of benzene rings is 1. The minimum atomic E-state index is -0.592. The fraction of sp³-hybridized carbons (Fsp3) is 0.389. The molecule has 0 N–H and O–H groups in total. The highest BCUT2D eigenvalue weighted by Crippen LogP contribution is 2.27. The molecule has 0 unspecified atom stereocenters. The van der Waals surface area contributed by atoms with Crippen LogP contribution in [-0.4, -0.2) is 34.4 Å². The highest BCUT2D eigenvalue weighted by molar-refractivity contribution is 5.98. The van der Waals surface area contributed by atoms with Gasteiger partial charge >= 0.3 is 11.9 Å². The summed E-state index contributed by atoms with van der Waals surface area (Å²) in [5.41, 5.74) is 2.25. The number of nitrogens with zero attached hydrogens (tertiary/aromatic N) is 2. The summed E-state index contributed by atoms with van der Waals surface area (Å²) in [7, 11) is 3.11. The van der Waals surface area contributed by atoms with E-state index in [4.69, 9.17) is 4.74 Å². The van der Waals surface area contributed by atoms with Gasteiger partial charge in [-0.1, -0.05) is 12.1 Å². The average Bonchev–Trinajstić information content (AvgIpc) is 2.80. The fourth-order valence-corrected chi connectivity index (χ4v) is 2.27. The first-order valence-electron chi connectivity index (χ1n) is 7.59. The van der Waals surface area contributed by atoms with Crippen LogP contribution in [0.25, 0.3) is 11.3 Å². The van der Waals surface area contributed by atoms with Crippen LogP contribution in [0.5, 0.6) is 0 Å². The minimum absolute atomic E-state index is 0.411. The Morgan fingerprint density at radius 1 is 1.08 bits per heavy atom. The number of aromatic nitrogens is 2. The van der Waals surface area contributed by atoms with Crippen molar-refractivity contribution in [3.8, 4) is 11.3 Å². The number of hydrogen-bond acceptors (Lipinski definition) is 5. The molecule has 0 radical (unpaired) electrons. The van der Waals surface area contributed by atoms with Crippen molar-refractivity contribution < 1.29 is 19.1 Å². The van der Waals surface area contributed by atoms with Gasteiger partial charge in [-0.05, 0) is 39.8 Å². The first-order chi connectivity index (χ1) is 11.1. The molecule has 0 amide bonds. The Labute approximate surface area is 141 Å². The molecule has 2 rings (SSSR count). The monoisotopic (exact) mass is 330 g/mol. The first kappa shape index (κ1) is 17.7. The van der Waals surface area contributed by atoms with Crippen LogP contribution in [-0.2, 0) is 16.5 Å². The molecule has 0 saturated heterocycles. The molecule has 0 saturated carbocycles. The van der Waals surface area contributed by atoms with Crippen molar-refractivity contribution in [2.45, 2.75) is 33.3 Å². The maximum atomic E-state index is 12.6. The third-order valence-electron chi connectivity index (χ3n) is 3.52. The van der Waals surface area contributed by atoms with Crippen molar-refractivity contribution in [3.05, 3.63) is 41.1 Å². The van der Waals surface area contributed by atoms with Crippen LogP contribution in [0.1, 0.15) is 47.2 Å². The number of aryl methyl sites for hydroxylation is 1. The normalized spacial score (nSPS) is 11.2. The van der Waals surface area contributed by atoms with Crippen LogP contribution in [0.2, 0.25) is 0 Å². The van der Waals surface area contributed by atoms with E-state index >= 15 is 0 Å². The van der Waals surface area contributed by atoms with Gasteiger partial charge in [-0.3, -0.25) is 4.68 Å². The lowest BCUT2D eigenvalue weighted by Gasteiger charge is -2.19. The second-order valence-corrected chi connectivity index (χ2v) is 6.50. The summed E-state index contributed by atoms with van der Waals surface area (Å²) in [6, 6.07) is 6.76. The molecule has 1 aromatic heterocycles. The Kier molecular flexibility index (Phi) is 4.78. The molecule has 0 atom stereocenters. The van der Waals surface area contributed by atoms with E-state index in [9.17, 15) is 9.59 Å². The molecule has 6 nitrogen and oxygen atoms in total. The smallest absolute Gasteiger partial charge is 0.342 e. The number of hydrogen-bond donors (Lipinski definition) is 0. The minimum Gasteiger partial charge on any atom is -0.465 e. The lowest BCUT2D eigenvalue weighted by molar-refractivity contribution is 0.00693. The molecule has 1 heterocycles. The maximum absolute atomic E-state index is 12.6. The summed E-state index contributed by atoms with van der Waals surface area (Å²) in [4.78, 5) is 24.1. The lowest BCUT2D eigenvalue weighted by Crippen LogP contribution is -2.24. The number of carbonyl (C=O) groups is 2. The summed E-state index contributed by atoms with van der Waals surface area (Å²) in [6.07, 6.45) is 0. The predicted molar refractivity (Wildman–Crippen MR) is 89.9 cm³/mol. The Morgan fingerprint density at radius 3 is 2.17 bits per heavy atom. The van der Waals surface area contributed by atoms with E-state index in [0.717, 1.165) is 11.3 Å². The molecule has 0 fully saturated rings. The quantitative estimate of drug-likeness (QED) is 0.809. The van der Waals surface area contributed by atoms with Gasteiger partial charge in [0.05, 0.1) is 18.4 Å². The zero-order chi connectivity index (χ0) is 18.1. The molecular formula is C18H22N2O4. The molecule has 6 heteroatoms. The molecule has 2 aromatic rings. The van der Waals surface area contributed by atoms with Crippen LogP contribution in [0.4, 0.5) is 0 Å².